The number of hydrogen-bond acceptors (Lipinski definition) is 4. The van der Waals surface area contributed by atoms with Crippen molar-refractivity contribution in [2.75, 3.05) is 5.32 Å². The summed E-state index contributed by atoms with van der Waals surface area (Å²) in [5.74, 6) is 1.01. The molecule has 0 aliphatic heterocycles. The number of fused-ring (bicyclic) bond motifs is 1. The Bertz CT molecular complexity index is 873. The summed E-state index contributed by atoms with van der Waals surface area (Å²) < 4.78 is 5.48. The zero-order valence-corrected chi connectivity index (χ0v) is 16.7. The van der Waals surface area contributed by atoms with E-state index in [1.54, 1.807) is 17.6 Å². The van der Waals surface area contributed by atoms with Crippen LogP contribution in [0.2, 0.25) is 0 Å². The van der Waals surface area contributed by atoms with Crippen LogP contribution in [0, 0.1) is 0 Å². The number of nitrogens with zero attached hydrogens (tertiary/aromatic N) is 2. The molecule has 2 heterocycles. The predicted molar refractivity (Wildman–Crippen MR) is 113 cm³/mol. The maximum Gasteiger partial charge on any atom is 0.236 e. The lowest BCUT2D eigenvalue weighted by Gasteiger charge is -2.07. The van der Waals surface area contributed by atoms with Crippen LogP contribution < -0.4 is 11.1 Å². The van der Waals surface area contributed by atoms with Gasteiger partial charge in [0.1, 0.15) is 12.0 Å². The third-order valence-electron chi connectivity index (χ3n) is 4.07. The highest BCUT2D eigenvalue weighted by Gasteiger charge is 2.11. The zero-order valence-electron chi connectivity index (χ0n) is 13.6. The van der Waals surface area contributed by atoms with Crippen molar-refractivity contribution < 1.29 is 4.42 Å². The molecule has 5 nitrogen and oxygen atoms in total. The molecule has 0 saturated heterocycles. The lowest BCUT2D eigenvalue weighted by atomic mass is 10.1. The molecule has 3 aromatic rings. The van der Waals surface area contributed by atoms with Crippen LogP contribution in [-0.4, -0.2) is 10.9 Å². The van der Waals surface area contributed by atoms with Crippen LogP contribution in [0.15, 0.2) is 51.4 Å². The summed E-state index contributed by atoms with van der Waals surface area (Å²) in [5, 5.41) is 5.14. The van der Waals surface area contributed by atoms with Gasteiger partial charge in [0.2, 0.25) is 5.89 Å². The lowest BCUT2D eigenvalue weighted by molar-refractivity contribution is 0.574. The number of nitrogens with one attached hydrogen (secondary N) is 1. The summed E-state index contributed by atoms with van der Waals surface area (Å²) in [4.78, 5) is 9.78. The molecule has 1 aliphatic rings. The topological polar surface area (TPSA) is 76.4 Å². The predicted octanol–water partition coefficient (Wildman–Crippen LogP) is 4.44. The van der Waals surface area contributed by atoms with Crippen LogP contribution >= 0.6 is 35.3 Å². The molecular weight excluding hydrogens is 447 g/mol. The van der Waals surface area contributed by atoms with Gasteiger partial charge in [0.05, 0.1) is 11.4 Å². The fourth-order valence-electron chi connectivity index (χ4n) is 2.90. The normalized spacial score (nSPS) is 13.4. The van der Waals surface area contributed by atoms with Crippen molar-refractivity contribution in [1.82, 2.24) is 4.98 Å². The van der Waals surface area contributed by atoms with Crippen molar-refractivity contribution in [2.45, 2.75) is 25.8 Å². The van der Waals surface area contributed by atoms with Gasteiger partial charge in [0.25, 0.3) is 0 Å². The minimum Gasteiger partial charge on any atom is -0.443 e. The van der Waals surface area contributed by atoms with Crippen LogP contribution in [0.3, 0.4) is 0 Å². The maximum atomic E-state index is 5.98. The Morgan fingerprint density at radius 2 is 2.16 bits per heavy atom. The summed E-state index contributed by atoms with van der Waals surface area (Å²) >= 11 is 1.60. The molecule has 0 radical (unpaired) electrons. The average Bonchev–Trinajstić information content (AvgIpc) is 3.32. The van der Waals surface area contributed by atoms with E-state index >= 15 is 0 Å². The molecule has 25 heavy (non-hydrogen) atoms. The van der Waals surface area contributed by atoms with Gasteiger partial charge in [0, 0.05) is 5.69 Å². The molecular formula is C18H19IN4OS. The first-order chi connectivity index (χ1) is 11.8. The molecule has 0 saturated carbocycles. The quantitative estimate of drug-likeness (QED) is 0.339. The molecule has 3 N–H and O–H groups in total. The molecule has 0 spiro atoms. The van der Waals surface area contributed by atoms with Gasteiger partial charge in [0.15, 0.2) is 5.96 Å². The van der Waals surface area contributed by atoms with E-state index in [4.69, 9.17) is 10.2 Å². The van der Waals surface area contributed by atoms with Crippen LogP contribution in [0.25, 0.3) is 10.8 Å². The number of oxazole rings is 1. The number of rotatable bonds is 4. The van der Waals surface area contributed by atoms with Gasteiger partial charge in [-0.25, -0.2) is 9.98 Å². The summed E-state index contributed by atoms with van der Waals surface area (Å²) in [6.07, 6.45) is 5.19. The summed E-state index contributed by atoms with van der Waals surface area (Å²) in [6.45, 7) is 0.388. The minimum atomic E-state index is 0. The standard InChI is InChI=1S/C18H18N4OS.HI/c19-18(22-14-7-6-12-3-1-4-13(12)9-14)20-10-15-11-23-17(21-15)16-5-2-8-24-16;/h2,5-9,11H,1,3-4,10H2,(H3,19,20,22);1H. The molecule has 1 aromatic carbocycles. The van der Waals surface area contributed by atoms with Crippen LogP contribution in [0.1, 0.15) is 23.2 Å². The Balaban J connectivity index is 0.00000182. The molecule has 130 valence electrons. The number of aryl methyl sites for hydroxylation is 2. The van der Waals surface area contributed by atoms with Gasteiger partial charge in [-0.1, -0.05) is 12.1 Å². The Hall–Kier alpha value is -1.87. The van der Waals surface area contributed by atoms with E-state index in [9.17, 15) is 0 Å². The monoisotopic (exact) mass is 466 g/mol. The third kappa shape index (κ3) is 4.21. The van der Waals surface area contributed by atoms with E-state index < -0.39 is 0 Å². The molecule has 2 aromatic heterocycles. The number of hydrogen-bond donors (Lipinski definition) is 2. The van der Waals surface area contributed by atoms with Crippen LogP contribution in [0.4, 0.5) is 5.69 Å². The van der Waals surface area contributed by atoms with Gasteiger partial charge >= 0.3 is 0 Å². The Morgan fingerprint density at radius 1 is 1.28 bits per heavy atom. The second-order valence-electron chi connectivity index (χ2n) is 5.78. The molecule has 0 fully saturated rings. The summed E-state index contributed by atoms with van der Waals surface area (Å²) in [7, 11) is 0. The molecule has 0 unspecified atom stereocenters. The van der Waals surface area contributed by atoms with E-state index in [1.807, 2.05) is 17.5 Å². The number of aromatic nitrogens is 1. The van der Waals surface area contributed by atoms with Crippen molar-refractivity contribution in [3.63, 3.8) is 0 Å². The van der Waals surface area contributed by atoms with E-state index in [1.165, 1.54) is 24.0 Å². The van der Waals surface area contributed by atoms with Crippen molar-refractivity contribution in [3.05, 3.63) is 58.8 Å². The smallest absolute Gasteiger partial charge is 0.236 e. The highest BCUT2D eigenvalue weighted by Crippen LogP contribution is 2.25. The lowest BCUT2D eigenvalue weighted by Crippen LogP contribution is -2.22. The fourth-order valence-corrected chi connectivity index (χ4v) is 3.55. The number of guanidine groups is 1. The number of anilines is 1. The first-order valence-corrected chi connectivity index (χ1v) is 8.83. The molecule has 1 aliphatic carbocycles. The van der Waals surface area contributed by atoms with Crippen LogP contribution in [0.5, 0.6) is 0 Å². The molecule has 7 heteroatoms. The van der Waals surface area contributed by atoms with E-state index in [0.29, 0.717) is 18.4 Å². The zero-order chi connectivity index (χ0) is 16.4. The molecule has 0 bridgehead atoms. The average molecular weight is 466 g/mol. The summed E-state index contributed by atoms with van der Waals surface area (Å²) in [6, 6.07) is 10.3. The Labute approximate surface area is 167 Å². The van der Waals surface area contributed by atoms with E-state index in [2.05, 4.69) is 33.5 Å². The van der Waals surface area contributed by atoms with Crippen molar-refractivity contribution in [2.24, 2.45) is 10.7 Å². The molecule has 0 atom stereocenters. The van der Waals surface area contributed by atoms with Gasteiger partial charge < -0.3 is 15.5 Å². The fraction of sp³-hybridized carbons (Fsp3) is 0.222. The van der Waals surface area contributed by atoms with Crippen molar-refractivity contribution >= 4 is 47.0 Å². The number of aliphatic imine (C=N–C) groups is 1. The van der Waals surface area contributed by atoms with E-state index in [0.717, 1.165) is 22.7 Å². The number of thiophene rings is 1. The first kappa shape index (κ1) is 17.9. The summed E-state index contributed by atoms with van der Waals surface area (Å²) in [5.41, 5.74) is 10.6. The Morgan fingerprint density at radius 3 is 3.00 bits per heavy atom. The maximum absolute atomic E-state index is 5.98. The SMILES string of the molecule is I.NC(=NCc1coc(-c2cccs2)n1)Nc1ccc2c(c1)CCC2. The minimum absolute atomic E-state index is 0. The number of benzene rings is 1. The third-order valence-corrected chi connectivity index (χ3v) is 4.92. The highest BCUT2D eigenvalue weighted by molar-refractivity contribution is 14.0. The second kappa shape index (κ2) is 8.01. The number of nitrogens with two attached hydrogens (primary N) is 1. The van der Waals surface area contributed by atoms with Crippen molar-refractivity contribution in [3.8, 4) is 10.8 Å². The second-order valence-corrected chi connectivity index (χ2v) is 6.73. The van der Waals surface area contributed by atoms with Gasteiger partial charge in [-0.3, -0.25) is 0 Å². The van der Waals surface area contributed by atoms with Gasteiger partial charge in [-0.2, -0.15) is 0 Å². The molecule has 4 rings (SSSR count). The van der Waals surface area contributed by atoms with Crippen LogP contribution in [-0.2, 0) is 19.4 Å². The van der Waals surface area contributed by atoms with E-state index in [-0.39, 0.29) is 24.0 Å². The number of halogens is 1. The van der Waals surface area contributed by atoms with Gasteiger partial charge in [-0.05, 0) is 54.0 Å². The van der Waals surface area contributed by atoms with Gasteiger partial charge in [-0.15, -0.1) is 35.3 Å². The van der Waals surface area contributed by atoms with Crippen molar-refractivity contribution in [1.29, 1.82) is 0 Å². The largest absolute Gasteiger partial charge is 0.443 e. The highest BCUT2D eigenvalue weighted by atomic mass is 127. The molecule has 0 amide bonds. The Kier molecular flexibility index (Phi) is 5.74. The first-order valence-electron chi connectivity index (χ1n) is 7.95.